The maximum absolute atomic E-state index is 12.5. The second-order valence-corrected chi connectivity index (χ2v) is 8.70. The van der Waals surface area contributed by atoms with Gasteiger partial charge >= 0.3 is 0 Å². The van der Waals surface area contributed by atoms with E-state index < -0.39 is 0 Å². The van der Waals surface area contributed by atoms with Gasteiger partial charge in [-0.15, -0.1) is 18.3 Å². The van der Waals surface area contributed by atoms with E-state index in [0.29, 0.717) is 36.7 Å². The number of carbonyl (C=O) groups is 1. The van der Waals surface area contributed by atoms with Crippen LogP contribution >= 0.6 is 23.1 Å². The predicted octanol–water partition coefficient (Wildman–Crippen LogP) is 4.28. The number of thiazole rings is 1. The second-order valence-electron chi connectivity index (χ2n) is 6.53. The molecule has 0 unspecified atom stereocenters. The third-order valence-corrected chi connectivity index (χ3v) is 6.58. The van der Waals surface area contributed by atoms with E-state index in [0.717, 1.165) is 32.4 Å². The Morgan fingerprint density at radius 2 is 2.00 bits per heavy atom. The van der Waals surface area contributed by atoms with Gasteiger partial charge in [0.25, 0.3) is 0 Å². The molecule has 8 heteroatoms. The number of methoxy groups -OCH3 is 1. The van der Waals surface area contributed by atoms with Crippen molar-refractivity contribution in [1.29, 1.82) is 0 Å². The fourth-order valence-corrected chi connectivity index (χ4v) is 5.00. The summed E-state index contributed by atoms with van der Waals surface area (Å²) in [7, 11) is 1.64. The number of carbonyl (C=O) groups excluding carboxylic acids is 1. The molecule has 0 spiro atoms. The van der Waals surface area contributed by atoms with Crippen molar-refractivity contribution in [2.75, 3.05) is 26.1 Å². The van der Waals surface area contributed by atoms with Crippen LogP contribution in [0.3, 0.4) is 0 Å². The molecule has 0 saturated carbocycles. The third kappa shape index (κ3) is 4.55. The number of fused-ring (bicyclic) bond motifs is 2. The van der Waals surface area contributed by atoms with Crippen molar-refractivity contribution in [3.63, 3.8) is 0 Å². The van der Waals surface area contributed by atoms with Gasteiger partial charge in [-0.3, -0.25) is 4.79 Å². The van der Waals surface area contributed by atoms with Gasteiger partial charge in [0.05, 0.1) is 17.3 Å². The summed E-state index contributed by atoms with van der Waals surface area (Å²) in [4.78, 5) is 18.6. The molecule has 1 aromatic heterocycles. The van der Waals surface area contributed by atoms with Gasteiger partial charge in [0.15, 0.2) is 16.3 Å². The number of thioether (sulfide) groups is 1. The second kappa shape index (κ2) is 9.40. The minimum Gasteiger partial charge on any atom is -0.497 e. The Hall–Kier alpha value is -2.71. The van der Waals surface area contributed by atoms with Crippen LogP contribution in [0, 0.1) is 0 Å². The zero-order valence-corrected chi connectivity index (χ0v) is 18.3. The van der Waals surface area contributed by atoms with E-state index in [2.05, 4.69) is 11.6 Å². The number of amides is 1. The van der Waals surface area contributed by atoms with Crippen molar-refractivity contribution in [2.24, 2.45) is 4.99 Å². The van der Waals surface area contributed by atoms with Gasteiger partial charge < -0.3 is 18.8 Å². The molecule has 2 aromatic carbocycles. The van der Waals surface area contributed by atoms with Crippen LogP contribution in [0.1, 0.15) is 6.42 Å². The van der Waals surface area contributed by atoms with Crippen LogP contribution in [0.4, 0.5) is 0 Å². The fourth-order valence-electron chi connectivity index (χ4n) is 3.09. The minimum absolute atomic E-state index is 0.141. The largest absolute Gasteiger partial charge is 0.497 e. The Kier molecular flexibility index (Phi) is 6.44. The first-order valence-electron chi connectivity index (χ1n) is 9.56. The number of hydrogen-bond acceptors (Lipinski definition) is 6. The molecule has 6 nitrogen and oxygen atoms in total. The molecule has 1 aliphatic heterocycles. The summed E-state index contributed by atoms with van der Waals surface area (Å²) < 4.78 is 19.5. The highest BCUT2D eigenvalue weighted by molar-refractivity contribution is 7.99. The molecule has 0 fully saturated rings. The van der Waals surface area contributed by atoms with Crippen molar-refractivity contribution >= 4 is 39.2 Å². The summed E-state index contributed by atoms with van der Waals surface area (Å²) in [6, 6.07) is 11.7. The van der Waals surface area contributed by atoms with E-state index in [1.54, 1.807) is 24.9 Å². The van der Waals surface area contributed by atoms with Gasteiger partial charge in [0, 0.05) is 35.7 Å². The van der Waals surface area contributed by atoms with Crippen molar-refractivity contribution in [1.82, 2.24) is 4.57 Å². The van der Waals surface area contributed by atoms with Gasteiger partial charge in [-0.1, -0.05) is 17.4 Å². The SMILES string of the molecule is C=CCn1c(=NC(=O)CCSc2ccc(OC)cc2)sc2cc3c(cc21)OCCO3. The zero-order chi connectivity index (χ0) is 20.9. The molecule has 156 valence electrons. The number of aromatic nitrogens is 1. The van der Waals surface area contributed by atoms with Gasteiger partial charge in [0.2, 0.25) is 5.91 Å². The number of nitrogens with zero attached hydrogens (tertiary/aromatic N) is 2. The standard InChI is InChI=1S/C22H22N2O4S2/c1-3-9-24-17-13-18-19(28-11-10-27-18)14-20(17)30-22(24)23-21(25)8-12-29-16-6-4-15(26-2)5-7-16/h3-7,13-14H,1,8-12H2,2H3. The molecule has 0 bridgehead atoms. The van der Waals surface area contributed by atoms with Crippen LogP contribution in [-0.2, 0) is 11.3 Å². The zero-order valence-electron chi connectivity index (χ0n) is 16.6. The Bertz CT molecular complexity index is 1130. The van der Waals surface area contributed by atoms with Crippen LogP contribution in [0.25, 0.3) is 10.2 Å². The van der Waals surface area contributed by atoms with Crippen molar-refractivity contribution in [3.05, 3.63) is 53.9 Å². The van der Waals surface area contributed by atoms with Crippen LogP contribution in [0.2, 0.25) is 0 Å². The van der Waals surface area contributed by atoms with Gasteiger partial charge in [0.1, 0.15) is 19.0 Å². The minimum atomic E-state index is -0.141. The summed E-state index contributed by atoms with van der Waals surface area (Å²) in [5.74, 6) is 2.79. The number of benzene rings is 2. The maximum Gasteiger partial charge on any atom is 0.249 e. The smallest absolute Gasteiger partial charge is 0.249 e. The highest BCUT2D eigenvalue weighted by atomic mass is 32.2. The van der Waals surface area contributed by atoms with Crippen LogP contribution in [0.5, 0.6) is 17.2 Å². The number of hydrogen-bond donors (Lipinski definition) is 0. The predicted molar refractivity (Wildman–Crippen MR) is 120 cm³/mol. The lowest BCUT2D eigenvalue weighted by Gasteiger charge is -2.18. The third-order valence-electron chi connectivity index (χ3n) is 4.52. The van der Waals surface area contributed by atoms with E-state index in [1.807, 2.05) is 41.0 Å². The van der Waals surface area contributed by atoms with Crippen LogP contribution in [-0.4, -0.2) is 36.6 Å². The fraction of sp³-hybridized carbons (Fsp3) is 0.273. The lowest BCUT2D eigenvalue weighted by Crippen LogP contribution is -2.17. The lowest BCUT2D eigenvalue weighted by molar-refractivity contribution is -0.117. The number of ether oxygens (including phenoxy) is 3. The number of allylic oxidation sites excluding steroid dienone is 1. The van der Waals surface area contributed by atoms with Gasteiger partial charge in [-0.25, -0.2) is 0 Å². The highest BCUT2D eigenvalue weighted by Gasteiger charge is 2.16. The van der Waals surface area contributed by atoms with E-state index >= 15 is 0 Å². The quantitative estimate of drug-likeness (QED) is 0.404. The van der Waals surface area contributed by atoms with Crippen molar-refractivity contribution in [2.45, 2.75) is 17.9 Å². The molecule has 0 N–H and O–H groups in total. The Morgan fingerprint density at radius 1 is 1.27 bits per heavy atom. The highest BCUT2D eigenvalue weighted by Crippen LogP contribution is 2.35. The summed E-state index contributed by atoms with van der Waals surface area (Å²) in [6.45, 7) is 5.47. The topological polar surface area (TPSA) is 62.1 Å². The van der Waals surface area contributed by atoms with Crippen molar-refractivity contribution < 1.29 is 19.0 Å². The summed E-state index contributed by atoms with van der Waals surface area (Å²) in [5, 5.41) is 0. The first-order valence-corrected chi connectivity index (χ1v) is 11.4. The Labute approximate surface area is 182 Å². The molecule has 2 heterocycles. The van der Waals surface area contributed by atoms with E-state index in [-0.39, 0.29) is 5.91 Å². The normalized spacial score (nSPS) is 13.4. The molecule has 0 atom stereocenters. The van der Waals surface area contributed by atoms with Gasteiger partial charge in [-0.05, 0) is 24.3 Å². The molecule has 3 aromatic rings. The first-order chi connectivity index (χ1) is 14.7. The molecule has 1 aliphatic rings. The van der Waals surface area contributed by atoms with E-state index in [9.17, 15) is 4.79 Å². The molecule has 4 rings (SSSR count). The summed E-state index contributed by atoms with van der Waals surface area (Å²) >= 11 is 3.10. The Morgan fingerprint density at radius 3 is 2.70 bits per heavy atom. The molecule has 0 saturated heterocycles. The average molecular weight is 443 g/mol. The Balaban J connectivity index is 1.52. The summed E-state index contributed by atoms with van der Waals surface area (Å²) in [6.07, 6.45) is 2.16. The van der Waals surface area contributed by atoms with Crippen molar-refractivity contribution in [3.8, 4) is 17.2 Å². The molecular weight excluding hydrogens is 420 g/mol. The first kappa shape index (κ1) is 20.6. The molecular formula is C22H22N2O4S2. The maximum atomic E-state index is 12.5. The van der Waals surface area contributed by atoms with E-state index in [4.69, 9.17) is 14.2 Å². The molecule has 0 radical (unpaired) electrons. The monoisotopic (exact) mass is 442 g/mol. The average Bonchev–Trinajstić information content (AvgIpc) is 3.08. The van der Waals surface area contributed by atoms with Crippen LogP contribution < -0.4 is 19.0 Å². The molecule has 30 heavy (non-hydrogen) atoms. The van der Waals surface area contributed by atoms with Gasteiger partial charge in [-0.2, -0.15) is 4.99 Å². The van der Waals surface area contributed by atoms with Crippen LogP contribution in [0.15, 0.2) is 58.9 Å². The lowest BCUT2D eigenvalue weighted by atomic mass is 10.2. The summed E-state index contributed by atoms with van der Waals surface area (Å²) in [5.41, 5.74) is 0.961. The van der Waals surface area contributed by atoms with E-state index in [1.165, 1.54) is 11.3 Å². The number of rotatable bonds is 7. The molecule has 0 aliphatic carbocycles. The molecule has 1 amide bonds.